The first kappa shape index (κ1) is 6.16. The minimum absolute atomic E-state index is 0.0833. The zero-order chi connectivity index (χ0) is 7.14. The molecule has 10 heavy (non-hydrogen) atoms. The van der Waals surface area contributed by atoms with Gasteiger partial charge in [-0.3, -0.25) is 4.79 Å². The minimum Gasteiger partial charge on any atom is -0.376 e. The van der Waals surface area contributed by atoms with Crippen LogP contribution in [0, 0.1) is 5.92 Å². The number of aliphatic hydroxyl groups excluding tert-OH is 1. The molecule has 0 bridgehead atoms. The van der Waals surface area contributed by atoms with E-state index in [1.165, 1.54) is 0 Å². The van der Waals surface area contributed by atoms with Crippen LogP contribution in [0.15, 0.2) is 0 Å². The molecule has 1 aliphatic carbocycles. The fourth-order valence-electron chi connectivity index (χ4n) is 2.07. The molecule has 1 heterocycles. The maximum absolute atomic E-state index is 11.0. The molecule has 2 aliphatic rings. The van der Waals surface area contributed by atoms with E-state index in [4.69, 9.17) is 5.11 Å². The fourth-order valence-corrected chi connectivity index (χ4v) is 2.07. The van der Waals surface area contributed by atoms with Crippen LogP contribution in [0.3, 0.4) is 0 Å². The van der Waals surface area contributed by atoms with Gasteiger partial charge in [-0.05, 0) is 12.8 Å². The van der Waals surface area contributed by atoms with Crippen LogP contribution >= 0.6 is 0 Å². The summed E-state index contributed by atoms with van der Waals surface area (Å²) in [6, 6.07) is 0.387. The normalized spacial score (nSPS) is 37.7. The average molecular weight is 141 g/mol. The Kier molecular flexibility index (Phi) is 1.20. The number of fused-ring (bicyclic) bond motifs is 1. The first-order chi connectivity index (χ1) is 4.84. The number of carbonyl (C=O) groups is 1. The molecule has 0 spiro atoms. The summed E-state index contributed by atoms with van der Waals surface area (Å²) in [7, 11) is 0. The highest BCUT2D eigenvalue weighted by Gasteiger charge is 2.48. The molecule has 2 atom stereocenters. The SMILES string of the molecule is O=C1[C@@H]2CCC[C@H]2N1CO. The summed E-state index contributed by atoms with van der Waals surface area (Å²) in [5.41, 5.74) is 0. The summed E-state index contributed by atoms with van der Waals surface area (Å²) in [5.74, 6) is 0.428. The Morgan fingerprint density at radius 1 is 1.60 bits per heavy atom. The van der Waals surface area contributed by atoms with Crippen molar-refractivity contribution in [3.05, 3.63) is 0 Å². The van der Waals surface area contributed by atoms with E-state index in [0.29, 0.717) is 6.04 Å². The molecule has 1 saturated carbocycles. The van der Waals surface area contributed by atoms with Gasteiger partial charge >= 0.3 is 0 Å². The minimum atomic E-state index is -0.0833. The van der Waals surface area contributed by atoms with Crippen LogP contribution in [0.2, 0.25) is 0 Å². The van der Waals surface area contributed by atoms with Crippen molar-refractivity contribution in [2.75, 3.05) is 6.73 Å². The van der Waals surface area contributed by atoms with Crippen molar-refractivity contribution in [3.8, 4) is 0 Å². The molecule has 0 aromatic carbocycles. The Balaban J connectivity index is 2.08. The van der Waals surface area contributed by atoms with Gasteiger partial charge in [-0.1, -0.05) is 6.42 Å². The number of hydrogen-bond donors (Lipinski definition) is 1. The number of aliphatic hydroxyl groups is 1. The third kappa shape index (κ3) is 0.560. The number of rotatable bonds is 1. The predicted molar refractivity (Wildman–Crippen MR) is 35.1 cm³/mol. The summed E-state index contributed by atoms with van der Waals surface area (Å²) in [5, 5.41) is 8.71. The summed E-state index contributed by atoms with van der Waals surface area (Å²) >= 11 is 0. The summed E-state index contributed by atoms with van der Waals surface area (Å²) in [6.07, 6.45) is 3.29. The van der Waals surface area contributed by atoms with Crippen LogP contribution in [0.1, 0.15) is 19.3 Å². The van der Waals surface area contributed by atoms with Crippen molar-refractivity contribution in [2.24, 2.45) is 5.92 Å². The molecule has 0 aromatic rings. The molecule has 2 rings (SSSR count). The molecular formula is C7H11NO2. The first-order valence-corrected chi connectivity index (χ1v) is 3.76. The molecule has 1 saturated heterocycles. The Hall–Kier alpha value is -0.570. The second-order valence-electron chi connectivity index (χ2n) is 3.05. The largest absolute Gasteiger partial charge is 0.376 e. The predicted octanol–water partition coefficient (Wildman–Crippen LogP) is -0.0529. The van der Waals surface area contributed by atoms with E-state index in [2.05, 4.69) is 0 Å². The Morgan fingerprint density at radius 3 is 3.10 bits per heavy atom. The lowest BCUT2D eigenvalue weighted by Crippen LogP contribution is -2.58. The number of likely N-dealkylation sites (tertiary alicyclic amines) is 1. The lowest BCUT2D eigenvalue weighted by atomic mass is 9.92. The zero-order valence-corrected chi connectivity index (χ0v) is 5.79. The second-order valence-corrected chi connectivity index (χ2v) is 3.05. The van der Waals surface area contributed by atoms with Crippen molar-refractivity contribution in [1.29, 1.82) is 0 Å². The van der Waals surface area contributed by atoms with E-state index in [-0.39, 0.29) is 18.6 Å². The quantitative estimate of drug-likeness (QED) is 0.520. The van der Waals surface area contributed by atoms with Gasteiger partial charge in [0.1, 0.15) is 6.73 Å². The third-order valence-corrected chi connectivity index (χ3v) is 2.63. The molecule has 0 aromatic heterocycles. The lowest BCUT2D eigenvalue weighted by Gasteiger charge is -2.42. The monoisotopic (exact) mass is 141 g/mol. The summed E-state index contributed by atoms with van der Waals surface area (Å²) in [4.78, 5) is 12.6. The van der Waals surface area contributed by atoms with Gasteiger partial charge in [-0.15, -0.1) is 0 Å². The van der Waals surface area contributed by atoms with Gasteiger partial charge < -0.3 is 10.0 Å². The molecule has 1 amide bonds. The highest BCUT2D eigenvalue weighted by Crippen LogP contribution is 2.39. The maximum Gasteiger partial charge on any atom is 0.229 e. The van der Waals surface area contributed by atoms with Crippen LogP contribution in [0.4, 0.5) is 0 Å². The van der Waals surface area contributed by atoms with Gasteiger partial charge in [-0.25, -0.2) is 0 Å². The first-order valence-electron chi connectivity index (χ1n) is 3.76. The zero-order valence-electron chi connectivity index (χ0n) is 5.79. The van der Waals surface area contributed by atoms with Gasteiger partial charge in [0.15, 0.2) is 0 Å². The van der Waals surface area contributed by atoms with E-state index < -0.39 is 0 Å². The van der Waals surface area contributed by atoms with Crippen LogP contribution < -0.4 is 0 Å². The van der Waals surface area contributed by atoms with Crippen LogP contribution in [-0.4, -0.2) is 28.7 Å². The standard InChI is InChI=1S/C7H11NO2/c9-4-8-6-3-1-2-5(6)7(8)10/h5-6,9H,1-4H2/t5-,6-/m1/s1. The van der Waals surface area contributed by atoms with E-state index in [9.17, 15) is 4.79 Å². The van der Waals surface area contributed by atoms with Crippen molar-refractivity contribution in [1.82, 2.24) is 4.90 Å². The van der Waals surface area contributed by atoms with Gasteiger partial charge in [0.25, 0.3) is 0 Å². The molecule has 56 valence electrons. The van der Waals surface area contributed by atoms with E-state index in [1.807, 2.05) is 0 Å². The van der Waals surface area contributed by atoms with Crippen molar-refractivity contribution >= 4 is 5.91 Å². The Labute approximate surface area is 59.6 Å². The van der Waals surface area contributed by atoms with E-state index >= 15 is 0 Å². The maximum atomic E-state index is 11.0. The number of hydrogen-bond acceptors (Lipinski definition) is 2. The molecule has 3 nitrogen and oxygen atoms in total. The molecule has 0 unspecified atom stereocenters. The molecule has 1 N–H and O–H groups in total. The fraction of sp³-hybridized carbons (Fsp3) is 0.857. The van der Waals surface area contributed by atoms with E-state index in [0.717, 1.165) is 19.3 Å². The van der Waals surface area contributed by atoms with Crippen molar-refractivity contribution in [2.45, 2.75) is 25.3 Å². The Bertz CT molecular complexity index is 169. The number of β-lactam (4-membered cyclic amide) rings is 1. The molecule has 3 heteroatoms. The number of nitrogens with zero attached hydrogens (tertiary/aromatic N) is 1. The van der Waals surface area contributed by atoms with Gasteiger partial charge in [0.05, 0.1) is 5.92 Å². The Morgan fingerprint density at radius 2 is 2.40 bits per heavy atom. The van der Waals surface area contributed by atoms with Gasteiger partial charge in [0.2, 0.25) is 5.91 Å². The summed E-state index contributed by atoms with van der Waals surface area (Å²) in [6.45, 7) is -0.0833. The van der Waals surface area contributed by atoms with Crippen molar-refractivity contribution in [3.63, 3.8) is 0 Å². The van der Waals surface area contributed by atoms with Crippen LogP contribution in [0.5, 0.6) is 0 Å². The van der Waals surface area contributed by atoms with Crippen LogP contribution in [0.25, 0.3) is 0 Å². The van der Waals surface area contributed by atoms with E-state index in [1.54, 1.807) is 4.90 Å². The number of amides is 1. The summed E-state index contributed by atoms with van der Waals surface area (Å²) < 4.78 is 0. The third-order valence-electron chi connectivity index (χ3n) is 2.63. The lowest BCUT2D eigenvalue weighted by molar-refractivity contribution is -0.160. The molecular weight excluding hydrogens is 130 g/mol. The number of carbonyl (C=O) groups excluding carboxylic acids is 1. The van der Waals surface area contributed by atoms with Crippen molar-refractivity contribution < 1.29 is 9.90 Å². The topological polar surface area (TPSA) is 40.5 Å². The van der Waals surface area contributed by atoms with Gasteiger partial charge in [0, 0.05) is 6.04 Å². The second kappa shape index (κ2) is 1.95. The molecule has 0 radical (unpaired) electrons. The highest BCUT2D eigenvalue weighted by molar-refractivity contribution is 5.86. The molecule has 1 aliphatic heterocycles. The van der Waals surface area contributed by atoms with Crippen LogP contribution in [-0.2, 0) is 4.79 Å². The molecule has 2 fully saturated rings. The highest BCUT2D eigenvalue weighted by atomic mass is 16.3. The smallest absolute Gasteiger partial charge is 0.229 e. The average Bonchev–Trinajstić information content (AvgIpc) is 2.33. The van der Waals surface area contributed by atoms with Gasteiger partial charge in [-0.2, -0.15) is 0 Å².